The van der Waals surface area contributed by atoms with Crippen LogP contribution in [0.15, 0.2) is 42.1 Å². The standard InChI is InChI=1S/C21H20F2N6O/c1-13-8-9-29(21-25-27-28(2)26-21)12-16(13)14-6-7-15(24-11-14)10-19(30)20-17(22)4-3-5-18(20)23/h3-7,11H,8-10,12H2,1-2H3. The van der Waals surface area contributed by atoms with Crippen molar-refractivity contribution in [2.24, 2.45) is 7.05 Å². The van der Waals surface area contributed by atoms with E-state index in [1.807, 2.05) is 11.0 Å². The average molecular weight is 410 g/mol. The second-order valence-corrected chi connectivity index (χ2v) is 7.24. The van der Waals surface area contributed by atoms with Gasteiger partial charge in [-0.25, -0.2) is 8.78 Å². The Morgan fingerprint density at radius 2 is 1.93 bits per heavy atom. The van der Waals surface area contributed by atoms with Crippen molar-refractivity contribution in [1.82, 2.24) is 25.2 Å². The Labute approximate surface area is 172 Å². The number of carbonyl (C=O) groups excluding carboxylic acids is 1. The quantitative estimate of drug-likeness (QED) is 0.602. The fraction of sp³-hybridized carbons (Fsp3) is 0.286. The SMILES string of the molecule is CC1=C(c2ccc(CC(=O)c3c(F)cccc3F)nc2)CN(c2nnn(C)n2)CC1. The first-order valence-electron chi connectivity index (χ1n) is 9.52. The van der Waals surface area contributed by atoms with Gasteiger partial charge in [-0.3, -0.25) is 9.78 Å². The number of halogens is 2. The molecule has 0 saturated heterocycles. The van der Waals surface area contributed by atoms with Crippen molar-refractivity contribution in [3.63, 3.8) is 0 Å². The fourth-order valence-electron chi connectivity index (χ4n) is 3.49. The lowest BCUT2D eigenvalue weighted by molar-refractivity contribution is 0.0984. The minimum absolute atomic E-state index is 0.175. The molecule has 0 unspecified atom stereocenters. The third-order valence-corrected chi connectivity index (χ3v) is 5.16. The zero-order valence-corrected chi connectivity index (χ0v) is 16.6. The molecular formula is C21H20F2N6O. The number of rotatable bonds is 5. The van der Waals surface area contributed by atoms with Gasteiger partial charge in [0.15, 0.2) is 5.78 Å². The lowest BCUT2D eigenvalue weighted by atomic mass is 9.95. The van der Waals surface area contributed by atoms with E-state index in [4.69, 9.17) is 0 Å². The molecule has 1 aromatic carbocycles. The van der Waals surface area contributed by atoms with E-state index in [1.165, 1.54) is 16.4 Å². The first kappa shape index (κ1) is 19.8. The van der Waals surface area contributed by atoms with Crippen molar-refractivity contribution in [2.45, 2.75) is 19.8 Å². The predicted octanol–water partition coefficient (Wildman–Crippen LogP) is 2.99. The van der Waals surface area contributed by atoms with Crippen molar-refractivity contribution in [3.05, 3.63) is 70.6 Å². The van der Waals surface area contributed by atoms with Gasteiger partial charge in [-0.1, -0.05) is 22.8 Å². The molecule has 0 radical (unpaired) electrons. The number of hydrogen-bond donors (Lipinski definition) is 0. The summed E-state index contributed by atoms with van der Waals surface area (Å²) in [6, 6.07) is 6.96. The number of benzene rings is 1. The van der Waals surface area contributed by atoms with Gasteiger partial charge in [0.25, 0.3) is 5.95 Å². The summed E-state index contributed by atoms with van der Waals surface area (Å²) in [4.78, 5) is 20.2. The number of anilines is 1. The van der Waals surface area contributed by atoms with Crippen molar-refractivity contribution in [1.29, 1.82) is 0 Å². The Balaban J connectivity index is 1.51. The maximum absolute atomic E-state index is 13.8. The molecule has 0 fully saturated rings. The molecule has 3 aromatic rings. The molecule has 154 valence electrons. The van der Waals surface area contributed by atoms with Gasteiger partial charge in [-0.05, 0) is 47.9 Å². The molecule has 30 heavy (non-hydrogen) atoms. The van der Waals surface area contributed by atoms with Gasteiger partial charge in [0, 0.05) is 25.0 Å². The molecule has 0 spiro atoms. The van der Waals surface area contributed by atoms with Crippen LogP contribution in [0.5, 0.6) is 0 Å². The molecular weight excluding hydrogens is 390 g/mol. The smallest absolute Gasteiger partial charge is 0.266 e. The van der Waals surface area contributed by atoms with E-state index in [1.54, 1.807) is 19.3 Å². The van der Waals surface area contributed by atoms with E-state index >= 15 is 0 Å². The van der Waals surface area contributed by atoms with Crippen LogP contribution in [-0.4, -0.2) is 44.1 Å². The maximum atomic E-state index is 13.8. The number of Topliss-reactive ketones (excluding diaryl/α,β-unsaturated/α-hetero) is 1. The third-order valence-electron chi connectivity index (χ3n) is 5.16. The number of hydrogen-bond acceptors (Lipinski definition) is 6. The predicted molar refractivity (Wildman–Crippen MR) is 107 cm³/mol. The molecule has 0 bridgehead atoms. The van der Waals surface area contributed by atoms with E-state index < -0.39 is 23.0 Å². The lowest BCUT2D eigenvalue weighted by Crippen LogP contribution is -2.31. The summed E-state index contributed by atoms with van der Waals surface area (Å²) < 4.78 is 27.6. The zero-order valence-electron chi connectivity index (χ0n) is 16.6. The van der Waals surface area contributed by atoms with Crippen LogP contribution >= 0.6 is 0 Å². The summed E-state index contributed by atoms with van der Waals surface area (Å²) in [5.41, 5.74) is 3.21. The lowest BCUT2D eigenvalue weighted by Gasteiger charge is -2.28. The van der Waals surface area contributed by atoms with Crippen LogP contribution in [0.25, 0.3) is 5.57 Å². The molecule has 3 heterocycles. The van der Waals surface area contributed by atoms with Gasteiger partial charge < -0.3 is 4.90 Å². The molecule has 0 atom stereocenters. The molecule has 2 aromatic heterocycles. The number of aryl methyl sites for hydroxylation is 1. The number of ketones is 1. The van der Waals surface area contributed by atoms with Crippen LogP contribution in [0.2, 0.25) is 0 Å². The summed E-state index contributed by atoms with van der Waals surface area (Å²) in [7, 11) is 1.72. The number of nitrogens with zero attached hydrogens (tertiary/aromatic N) is 6. The highest BCUT2D eigenvalue weighted by Crippen LogP contribution is 2.28. The second-order valence-electron chi connectivity index (χ2n) is 7.24. The number of pyridine rings is 1. The van der Waals surface area contributed by atoms with Crippen molar-refractivity contribution in [3.8, 4) is 0 Å². The molecule has 0 N–H and O–H groups in total. The van der Waals surface area contributed by atoms with E-state index in [2.05, 4.69) is 27.3 Å². The van der Waals surface area contributed by atoms with Crippen LogP contribution < -0.4 is 4.90 Å². The first-order valence-corrected chi connectivity index (χ1v) is 9.52. The highest BCUT2D eigenvalue weighted by molar-refractivity contribution is 5.97. The van der Waals surface area contributed by atoms with Gasteiger partial charge in [-0.15, -0.1) is 5.10 Å². The zero-order chi connectivity index (χ0) is 21.3. The van der Waals surface area contributed by atoms with E-state index in [-0.39, 0.29) is 6.42 Å². The summed E-state index contributed by atoms with van der Waals surface area (Å²) in [6.07, 6.45) is 2.37. The average Bonchev–Trinajstić information content (AvgIpc) is 3.15. The van der Waals surface area contributed by atoms with Crippen LogP contribution in [0.4, 0.5) is 14.7 Å². The van der Waals surface area contributed by atoms with Crippen LogP contribution in [0, 0.1) is 11.6 Å². The van der Waals surface area contributed by atoms with Crippen LogP contribution in [0.1, 0.15) is 35.0 Å². The largest absolute Gasteiger partial charge is 0.334 e. The second kappa shape index (κ2) is 8.10. The van der Waals surface area contributed by atoms with E-state index in [9.17, 15) is 13.6 Å². The van der Waals surface area contributed by atoms with Crippen molar-refractivity contribution < 1.29 is 13.6 Å². The Bertz CT molecular complexity index is 1100. The van der Waals surface area contributed by atoms with Gasteiger partial charge in [0.05, 0.1) is 19.0 Å². The van der Waals surface area contributed by atoms with Gasteiger partial charge >= 0.3 is 0 Å². The maximum Gasteiger partial charge on any atom is 0.266 e. The highest BCUT2D eigenvalue weighted by Gasteiger charge is 2.22. The number of tetrazole rings is 1. The van der Waals surface area contributed by atoms with Crippen LogP contribution in [0.3, 0.4) is 0 Å². The minimum Gasteiger partial charge on any atom is -0.334 e. The van der Waals surface area contributed by atoms with Gasteiger partial charge in [0.1, 0.15) is 11.6 Å². The van der Waals surface area contributed by atoms with Crippen LogP contribution in [-0.2, 0) is 13.5 Å². The first-order chi connectivity index (χ1) is 14.4. The third kappa shape index (κ3) is 3.96. The van der Waals surface area contributed by atoms with E-state index in [0.29, 0.717) is 18.2 Å². The van der Waals surface area contributed by atoms with E-state index in [0.717, 1.165) is 36.2 Å². The van der Waals surface area contributed by atoms with Crippen molar-refractivity contribution >= 4 is 17.3 Å². The highest BCUT2D eigenvalue weighted by atomic mass is 19.1. The molecule has 1 aliphatic rings. The molecule has 7 nitrogen and oxygen atoms in total. The summed E-state index contributed by atoms with van der Waals surface area (Å²) in [6.45, 7) is 3.50. The fourth-order valence-corrected chi connectivity index (χ4v) is 3.49. The summed E-state index contributed by atoms with van der Waals surface area (Å²) in [5.74, 6) is -1.79. The molecule has 1 aliphatic heterocycles. The Morgan fingerprint density at radius 3 is 2.57 bits per heavy atom. The molecule has 0 aliphatic carbocycles. The molecule has 0 saturated carbocycles. The van der Waals surface area contributed by atoms with Gasteiger partial charge in [-0.2, -0.15) is 4.80 Å². The molecule has 0 amide bonds. The summed E-state index contributed by atoms with van der Waals surface area (Å²) in [5, 5.41) is 12.2. The molecule has 9 heteroatoms. The number of carbonyl (C=O) groups is 1. The molecule has 4 rings (SSSR count). The Morgan fingerprint density at radius 1 is 1.17 bits per heavy atom. The summed E-state index contributed by atoms with van der Waals surface area (Å²) >= 11 is 0. The Hall–Kier alpha value is -3.49. The number of aromatic nitrogens is 5. The topological polar surface area (TPSA) is 76.8 Å². The normalized spacial score (nSPS) is 14.3. The minimum atomic E-state index is -0.864. The Kier molecular flexibility index (Phi) is 5.35. The monoisotopic (exact) mass is 410 g/mol. The van der Waals surface area contributed by atoms with Crippen molar-refractivity contribution in [2.75, 3.05) is 18.0 Å². The van der Waals surface area contributed by atoms with Gasteiger partial charge in [0.2, 0.25) is 0 Å².